The molecule has 0 bridgehead atoms. The van der Waals surface area contributed by atoms with Gasteiger partial charge in [0, 0.05) is 8.95 Å². The fourth-order valence-corrected chi connectivity index (χ4v) is 2.77. The van der Waals surface area contributed by atoms with E-state index in [0.29, 0.717) is 0 Å². The first-order valence-electron chi connectivity index (χ1n) is 4.44. The van der Waals surface area contributed by atoms with E-state index in [2.05, 4.69) is 70.0 Å². The Morgan fingerprint density at radius 2 is 1.64 bits per heavy atom. The quantitative estimate of drug-likeness (QED) is 0.643. The third kappa shape index (κ3) is 1.61. The van der Waals surface area contributed by atoms with Crippen molar-refractivity contribution in [2.45, 2.75) is 13.8 Å². The Hall–Kier alpha value is -0.340. The number of hydrogen-bond acceptors (Lipinski definition) is 0. The predicted molar refractivity (Wildman–Crippen MR) is 68.8 cm³/mol. The van der Waals surface area contributed by atoms with E-state index >= 15 is 0 Å². The molecule has 0 aliphatic rings. The summed E-state index contributed by atoms with van der Waals surface area (Å²) in [5.41, 5.74) is 2.55. The van der Waals surface area contributed by atoms with Gasteiger partial charge in [0.05, 0.1) is 0 Å². The van der Waals surface area contributed by atoms with Crippen LogP contribution in [0.1, 0.15) is 11.1 Å². The van der Waals surface area contributed by atoms with Gasteiger partial charge in [-0.15, -0.1) is 0 Å². The summed E-state index contributed by atoms with van der Waals surface area (Å²) in [6, 6.07) is 8.63. The maximum atomic E-state index is 3.63. The zero-order valence-corrected chi connectivity index (χ0v) is 11.2. The Morgan fingerprint density at radius 1 is 0.929 bits per heavy atom. The standard InChI is InChI=1S/C12H10Br2/c1-7-5-10-9(11(13)6-7)4-3-8(2)12(10)14/h3-6H,1-2H3. The van der Waals surface area contributed by atoms with Crippen molar-refractivity contribution in [2.24, 2.45) is 0 Å². The van der Waals surface area contributed by atoms with Crippen LogP contribution in [0.15, 0.2) is 33.2 Å². The molecule has 0 fully saturated rings. The van der Waals surface area contributed by atoms with Crippen LogP contribution in [-0.2, 0) is 0 Å². The van der Waals surface area contributed by atoms with E-state index in [-0.39, 0.29) is 0 Å². The Morgan fingerprint density at radius 3 is 2.36 bits per heavy atom. The second-order valence-electron chi connectivity index (χ2n) is 3.54. The van der Waals surface area contributed by atoms with Gasteiger partial charge in [-0.05, 0) is 57.7 Å². The van der Waals surface area contributed by atoms with Gasteiger partial charge in [-0.1, -0.05) is 34.1 Å². The van der Waals surface area contributed by atoms with Gasteiger partial charge in [0.25, 0.3) is 0 Å². The molecule has 0 aromatic heterocycles. The van der Waals surface area contributed by atoms with Crippen molar-refractivity contribution in [3.63, 3.8) is 0 Å². The number of rotatable bonds is 0. The van der Waals surface area contributed by atoms with Gasteiger partial charge in [-0.25, -0.2) is 0 Å². The normalized spacial score (nSPS) is 10.9. The average molecular weight is 314 g/mol. The molecule has 0 amide bonds. The molecular weight excluding hydrogens is 304 g/mol. The fourth-order valence-electron chi connectivity index (χ4n) is 1.60. The molecule has 0 saturated carbocycles. The zero-order chi connectivity index (χ0) is 10.3. The highest BCUT2D eigenvalue weighted by atomic mass is 79.9. The average Bonchev–Trinajstić information content (AvgIpc) is 2.12. The van der Waals surface area contributed by atoms with E-state index in [4.69, 9.17) is 0 Å². The summed E-state index contributed by atoms with van der Waals surface area (Å²) in [7, 11) is 0. The van der Waals surface area contributed by atoms with Crippen molar-refractivity contribution in [3.8, 4) is 0 Å². The first kappa shape index (κ1) is 10.2. The Labute approximate surface area is 101 Å². The molecule has 2 heteroatoms. The zero-order valence-electron chi connectivity index (χ0n) is 8.07. The van der Waals surface area contributed by atoms with Crippen molar-refractivity contribution in [2.75, 3.05) is 0 Å². The molecular formula is C12H10Br2. The molecule has 0 heterocycles. The van der Waals surface area contributed by atoms with Crippen LogP contribution in [0, 0.1) is 13.8 Å². The molecule has 0 N–H and O–H groups in total. The molecule has 2 aromatic carbocycles. The summed E-state index contributed by atoms with van der Waals surface area (Å²) in [5.74, 6) is 0. The topological polar surface area (TPSA) is 0 Å². The van der Waals surface area contributed by atoms with E-state index in [1.54, 1.807) is 0 Å². The van der Waals surface area contributed by atoms with Crippen LogP contribution in [0.3, 0.4) is 0 Å². The minimum atomic E-state index is 1.16. The molecule has 2 rings (SSSR count). The smallest absolute Gasteiger partial charge is 0.0283 e. The van der Waals surface area contributed by atoms with Crippen molar-refractivity contribution < 1.29 is 0 Å². The van der Waals surface area contributed by atoms with Gasteiger partial charge in [-0.2, -0.15) is 0 Å². The number of aryl methyl sites for hydroxylation is 2. The lowest BCUT2D eigenvalue weighted by atomic mass is 10.1. The number of fused-ring (bicyclic) bond motifs is 1. The van der Waals surface area contributed by atoms with E-state index < -0.39 is 0 Å². The molecule has 0 radical (unpaired) electrons. The van der Waals surface area contributed by atoms with Crippen molar-refractivity contribution in [1.82, 2.24) is 0 Å². The summed E-state index contributed by atoms with van der Waals surface area (Å²) < 4.78 is 2.35. The van der Waals surface area contributed by atoms with Gasteiger partial charge < -0.3 is 0 Å². The number of benzene rings is 2. The van der Waals surface area contributed by atoms with E-state index in [1.807, 2.05) is 0 Å². The first-order chi connectivity index (χ1) is 6.59. The summed E-state index contributed by atoms with van der Waals surface area (Å²) in [6.45, 7) is 4.22. The summed E-state index contributed by atoms with van der Waals surface area (Å²) in [5, 5.41) is 2.53. The van der Waals surface area contributed by atoms with Crippen molar-refractivity contribution in [3.05, 3.63) is 44.3 Å². The molecule has 72 valence electrons. The third-order valence-electron chi connectivity index (χ3n) is 2.36. The molecule has 0 aliphatic carbocycles. The van der Waals surface area contributed by atoms with Crippen molar-refractivity contribution >= 4 is 42.6 Å². The number of hydrogen-bond donors (Lipinski definition) is 0. The molecule has 2 aromatic rings. The fraction of sp³-hybridized carbons (Fsp3) is 0.167. The van der Waals surface area contributed by atoms with Gasteiger partial charge in [0.15, 0.2) is 0 Å². The van der Waals surface area contributed by atoms with Crippen LogP contribution in [0.5, 0.6) is 0 Å². The predicted octanol–water partition coefficient (Wildman–Crippen LogP) is 4.98. The summed E-state index contributed by atoms with van der Waals surface area (Å²) in [4.78, 5) is 0. The van der Waals surface area contributed by atoms with Crippen LogP contribution in [-0.4, -0.2) is 0 Å². The van der Waals surface area contributed by atoms with Crippen LogP contribution in [0.4, 0.5) is 0 Å². The lowest BCUT2D eigenvalue weighted by Gasteiger charge is -2.07. The highest BCUT2D eigenvalue weighted by Gasteiger charge is 2.05. The maximum Gasteiger partial charge on any atom is 0.0283 e. The number of halogens is 2. The van der Waals surface area contributed by atoms with E-state index in [9.17, 15) is 0 Å². The van der Waals surface area contributed by atoms with E-state index in [0.717, 1.165) is 4.47 Å². The molecule has 0 aliphatic heterocycles. The minimum absolute atomic E-state index is 1.16. The van der Waals surface area contributed by atoms with Gasteiger partial charge >= 0.3 is 0 Å². The molecule has 0 saturated heterocycles. The van der Waals surface area contributed by atoms with Gasteiger partial charge in [-0.3, -0.25) is 0 Å². The molecule has 14 heavy (non-hydrogen) atoms. The SMILES string of the molecule is Cc1cc(Br)c2ccc(C)c(Br)c2c1. The lowest BCUT2D eigenvalue weighted by Crippen LogP contribution is -1.82. The van der Waals surface area contributed by atoms with Crippen LogP contribution in [0.2, 0.25) is 0 Å². The van der Waals surface area contributed by atoms with Gasteiger partial charge in [0.1, 0.15) is 0 Å². The van der Waals surface area contributed by atoms with Crippen molar-refractivity contribution in [1.29, 1.82) is 0 Å². The second-order valence-corrected chi connectivity index (χ2v) is 5.19. The monoisotopic (exact) mass is 312 g/mol. The van der Waals surface area contributed by atoms with Crippen LogP contribution < -0.4 is 0 Å². The molecule has 0 atom stereocenters. The van der Waals surface area contributed by atoms with Crippen LogP contribution in [0.25, 0.3) is 10.8 Å². The van der Waals surface area contributed by atoms with E-state index in [1.165, 1.54) is 26.4 Å². The summed E-state index contributed by atoms with van der Waals surface area (Å²) in [6.07, 6.45) is 0. The lowest BCUT2D eigenvalue weighted by molar-refractivity contribution is 1.44. The molecule has 0 spiro atoms. The molecule has 0 unspecified atom stereocenters. The maximum absolute atomic E-state index is 3.63. The highest BCUT2D eigenvalue weighted by Crippen LogP contribution is 2.32. The highest BCUT2D eigenvalue weighted by molar-refractivity contribution is 9.11. The van der Waals surface area contributed by atoms with Crippen LogP contribution >= 0.6 is 31.9 Å². The third-order valence-corrected chi connectivity index (χ3v) is 4.07. The first-order valence-corrected chi connectivity index (χ1v) is 6.03. The Bertz CT molecular complexity index is 501. The summed E-state index contributed by atoms with van der Waals surface area (Å²) >= 11 is 7.21. The van der Waals surface area contributed by atoms with Gasteiger partial charge in [0.2, 0.25) is 0 Å². The molecule has 0 nitrogen and oxygen atoms in total. The minimum Gasteiger partial charge on any atom is -0.0575 e. The Kier molecular flexibility index (Phi) is 2.67. The second kappa shape index (κ2) is 3.67. The largest absolute Gasteiger partial charge is 0.0575 e. The Balaban J connectivity index is 2.95.